The Bertz CT molecular complexity index is 130. The topological polar surface area (TPSA) is 12.0 Å². The summed E-state index contributed by atoms with van der Waals surface area (Å²) >= 11 is 0. The molecule has 1 rings (SSSR count). The van der Waals surface area contributed by atoms with Crippen LogP contribution in [0.5, 0.6) is 0 Å². The first-order valence-electron chi connectivity index (χ1n) is 4.63. The van der Waals surface area contributed by atoms with Gasteiger partial charge in [-0.05, 0) is 39.2 Å². The van der Waals surface area contributed by atoms with Crippen LogP contribution in [0.3, 0.4) is 0 Å². The first kappa shape index (κ1) is 8.79. The highest BCUT2D eigenvalue weighted by Crippen LogP contribution is 2.24. The maximum atomic E-state index is 3.44. The van der Waals surface area contributed by atoms with Crippen LogP contribution in [0.1, 0.15) is 33.1 Å². The quantitative estimate of drug-likeness (QED) is 0.483. The molecule has 0 spiro atoms. The van der Waals surface area contributed by atoms with Gasteiger partial charge >= 0.3 is 0 Å². The molecule has 1 nitrogen and oxygen atoms in total. The van der Waals surface area contributed by atoms with E-state index < -0.39 is 0 Å². The zero-order chi connectivity index (χ0) is 8.10. The third-order valence-corrected chi connectivity index (χ3v) is 2.31. The summed E-state index contributed by atoms with van der Waals surface area (Å²) < 4.78 is 0. The third kappa shape index (κ3) is 3.57. The van der Waals surface area contributed by atoms with Crippen molar-refractivity contribution in [2.24, 2.45) is 5.92 Å². The number of allylic oxidation sites excluding steroid dienone is 1. The van der Waals surface area contributed by atoms with E-state index in [1.165, 1.54) is 31.4 Å². The van der Waals surface area contributed by atoms with Gasteiger partial charge in [0.1, 0.15) is 0 Å². The molecule has 1 saturated carbocycles. The second-order valence-corrected chi connectivity index (χ2v) is 3.74. The first-order chi connectivity index (χ1) is 5.29. The normalized spacial score (nSPS) is 17.6. The number of nitrogens with one attached hydrogen (secondary N) is 1. The van der Waals surface area contributed by atoms with E-state index in [0.717, 1.165) is 12.5 Å². The van der Waals surface area contributed by atoms with E-state index in [4.69, 9.17) is 0 Å². The Hall–Kier alpha value is -0.300. The predicted octanol–water partition coefficient (Wildman–Crippen LogP) is 2.34. The van der Waals surface area contributed by atoms with Crippen LogP contribution in [-0.2, 0) is 0 Å². The highest BCUT2D eigenvalue weighted by atomic mass is 14.8. The minimum atomic E-state index is 0.987. The molecular weight excluding hydrogens is 134 g/mol. The van der Waals surface area contributed by atoms with Crippen LogP contribution in [-0.4, -0.2) is 13.1 Å². The summed E-state index contributed by atoms with van der Waals surface area (Å²) in [5, 5.41) is 3.44. The molecule has 0 heterocycles. The fourth-order valence-electron chi connectivity index (χ4n) is 1.26. The van der Waals surface area contributed by atoms with Crippen molar-refractivity contribution in [3.63, 3.8) is 0 Å². The standard InChI is InChI=1S/C10H19N/c1-9(2)6-7-11-8-10-4-3-5-10/h6,10-11H,3-5,7-8H2,1-2H3. The zero-order valence-electron chi connectivity index (χ0n) is 7.69. The maximum Gasteiger partial charge on any atom is 0.0137 e. The zero-order valence-corrected chi connectivity index (χ0v) is 7.69. The van der Waals surface area contributed by atoms with Crippen LogP contribution in [0.15, 0.2) is 11.6 Å². The van der Waals surface area contributed by atoms with Gasteiger partial charge in [-0.2, -0.15) is 0 Å². The minimum absolute atomic E-state index is 0.987. The van der Waals surface area contributed by atoms with Gasteiger partial charge < -0.3 is 5.32 Å². The van der Waals surface area contributed by atoms with Crippen molar-refractivity contribution in [3.05, 3.63) is 11.6 Å². The minimum Gasteiger partial charge on any atom is -0.313 e. The lowest BCUT2D eigenvalue weighted by Crippen LogP contribution is -2.27. The molecule has 64 valence electrons. The molecular formula is C10H19N. The van der Waals surface area contributed by atoms with Gasteiger partial charge in [0, 0.05) is 6.54 Å². The van der Waals surface area contributed by atoms with Gasteiger partial charge in [0.25, 0.3) is 0 Å². The molecule has 0 bridgehead atoms. The van der Waals surface area contributed by atoms with E-state index in [1.54, 1.807) is 0 Å². The molecule has 1 aliphatic rings. The average molecular weight is 153 g/mol. The molecule has 1 aliphatic carbocycles. The Morgan fingerprint density at radius 1 is 1.45 bits per heavy atom. The van der Waals surface area contributed by atoms with Gasteiger partial charge in [0.15, 0.2) is 0 Å². The second-order valence-electron chi connectivity index (χ2n) is 3.74. The smallest absolute Gasteiger partial charge is 0.0137 e. The fraction of sp³-hybridized carbons (Fsp3) is 0.800. The van der Waals surface area contributed by atoms with Crippen molar-refractivity contribution in [1.82, 2.24) is 5.32 Å². The Balaban J connectivity index is 1.91. The number of hydrogen-bond acceptors (Lipinski definition) is 1. The van der Waals surface area contributed by atoms with Crippen LogP contribution in [0.25, 0.3) is 0 Å². The lowest BCUT2D eigenvalue weighted by atomic mass is 9.85. The maximum absolute atomic E-state index is 3.44. The molecule has 0 aromatic carbocycles. The van der Waals surface area contributed by atoms with Crippen LogP contribution in [0, 0.1) is 5.92 Å². The Morgan fingerprint density at radius 3 is 2.64 bits per heavy atom. The third-order valence-electron chi connectivity index (χ3n) is 2.31. The molecule has 1 N–H and O–H groups in total. The largest absolute Gasteiger partial charge is 0.313 e. The summed E-state index contributed by atoms with van der Waals surface area (Å²) in [6, 6.07) is 0. The van der Waals surface area contributed by atoms with Crippen LogP contribution < -0.4 is 5.32 Å². The van der Waals surface area contributed by atoms with Gasteiger partial charge in [-0.25, -0.2) is 0 Å². The molecule has 0 saturated heterocycles. The van der Waals surface area contributed by atoms with Gasteiger partial charge in [0.2, 0.25) is 0 Å². The highest BCUT2D eigenvalue weighted by molar-refractivity contribution is 4.94. The average Bonchev–Trinajstić information content (AvgIpc) is 1.82. The SMILES string of the molecule is CC(C)=CCNCC1CCC1. The number of rotatable bonds is 4. The summed E-state index contributed by atoms with van der Waals surface area (Å²) in [6.07, 6.45) is 6.59. The Labute approximate surface area is 69.9 Å². The van der Waals surface area contributed by atoms with Gasteiger partial charge in [-0.3, -0.25) is 0 Å². The van der Waals surface area contributed by atoms with E-state index in [0.29, 0.717) is 0 Å². The van der Waals surface area contributed by atoms with Crippen LogP contribution in [0.2, 0.25) is 0 Å². The first-order valence-corrected chi connectivity index (χ1v) is 4.63. The molecule has 0 aromatic rings. The summed E-state index contributed by atoms with van der Waals surface area (Å²) in [5.74, 6) is 0.987. The molecule has 0 unspecified atom stereocenters. The van der Waals surface area contributed by atoms with Crippen molar-refractivity contribution in [3.8, 4) is 0 Å². The van der Waals surface area contributed by atoms with Crippen molar-refractivity contribution in [2.75, 3.05) is 13.1 Å². The van der Waals surface area contributed by atoms with Crippen molar-refractivity contribution < 1.29 is 0 Å². The molecule has 0 atom stereocenters. The summed E-state index contributed by atoms with van der Waals surface area (Å²) in [5.41, 5.74) is 1.41. The molecule has 1 fully saturated rings. The number of hydrogen-bond donors (Lipinski definition) is 1. The molecule has 0 aliphatic heterocycles. The fourth-order valence-corrected chi connectivity index (χ4v) is 1.26. The van der Waals surface area contributed by atoms with E-state index >= 15 is 0 Å². The van der Waals surface area contributed by atoms with Crippen LogP contribution in [0.4, 0.5) is 0 Å². The molecule has 0 aromatic heterocycles. The molecule has 0 radical (unpaired) electrons. The highest BCUT2D eigenvalue weighted by Gasteiger charge is 2.15. The van der Waals surface area contributed by atoms with Crippen molar-refractivity contribution >= 4 is 0 Å². The molecule has 1 heteroatoms. The Morgan fingerprint density at radius 2 is 2.18 bits per heavy atom. The van der Waals surface area contributed by atoms with Crippen molar-refractivity contribution in [2.45, 2.75) is 33.1 Å². The van der Waals surface area contributed by atoms with Gasteiger partial charge in [-0.15, -0.1) is 0 Å². The van der Waals surface area contributed by atoms with Gasteiger partial charge in [-0.1, -0.05) is 18.1 Å². The van der Waals surface area contributed by atoms with Crippen LogP contribution >= 0.6 is 0 Å². The molecule has 0 amide bonds. The summed E-state index contributed by atoms with van der Waals surface area (Å²) in [7, 11) is 0. The summed E-state index contributed by atoms with van der Waals surface area (Å²) in [6.45, 7) is 6.57. The van der Waals surface area contributed by atoms with Crippen molar-refractivity contribution in [1.29, 1.82) is 0 Å². The van der Waals surface area contributed by atoms with E-state index in [9.17, 15) is 0 Å². The van der Waals surface area contributed by atoms with E-state index in [2.05, 4.69) is 25.2 Å². The monoisotopic (exact) mass is 153 g/mol. The Kier molecular flexibility index (Phi) is 3.64. The lowest BCUT2D eigenvalue weighted by molar-refractivity contribution is 0.305. The predicted molar refractivity (Wildman–Crippen MR) is 49.6 cm³/mol. The molecule has 11 heavy (non-hydrogen) atoms. The van der Waals surface area contributed by atoms with E-state index in [1.807, 2.05) is 0 Å². The van der Waals surface area contributed by atoms with Gasteiger partial charge in [0.05, 0.1) is 0 Å². The second kappa shape index (κ2) is 4.55. The van der Waals surface area contributed by atoms with E-state index in [-0.39, 0.29) is 0 Å². The summed E-state index contributed by atoms with van der Waals surface area (Å²) in [4.78, 5) is 0. The lowest BCUT2D eigenvalue weighted by Gasteiger charge is -2.25.